The van der Waals surface area contributed by atoms with Crippen LogP contribution in [0.25, 0.3) is 5.53 Å². The quantitative estimate of drug-likeness (QED) is 0.513. The zero-order valence-corrected chi connectivity index (χ0v) is 8.91. The SMILES string of the molecule is [N-]=[N+]=C1CCCC12CCC(C(N)=O)CC2. The van der Waals surface area contributed by atoms with Crippen LogP contribution in [0.3, 0.4) is 0 Å². The van der Waals surface area contributed by atoms with E-state index in [1.807, 2.05) is 0 Å². The monoisotopic (exact) mass is 207 g/mol. The smallest absolute Gasteiger partial charge is 0.274 e. The molecule has 2 N–H and O–H groups in total. The summed E-state index contributed by atoms with van der Waals surface area (Å²) in [6, 6.07) is 0. The minimum Gasteiger partial charge on any atom is -0.369 e. The van der Waals surface area contributed by atoms with Gasteiger partial charge in [-0.05, 0) is 38.5 Å². The van der Waals surface area contributed by atoms with Crippen molar-refractivity contribution in [1.29, 1.82) is 0 Å². The van der Waals surface area contributed by atoms with Gasteiger partial charge in [0.15, 0.2) is 0 Å². The normalized spacial score (nSPS) is 35.5. The summed E-state index contributed by atoms with van der Waals surface area (Å²) in [5.41, 5.74) is 15.3. The van der Waals surface area contributed by atoms with E-state index in [4.69, 9.17) is 11.3 Å². The van der Waals surface area contributed by atoms with Crippen molar-refractivity contribution in [2.75, 3.05) is 0 Å². The van der Waals surface area contributed by atoms with Gasteiger partial charge in [-0.2, -0.15) is 4.79 Å². The van der Waals surface area contributed by atoms with Crippen LogP contribution in [0.5, 0.6) is 0 Å². The molecule has 0 heterocycles. The first-order valence-electron chi connectivity index (χ1n) is 5.69. The molecule has 2 aliphatic rings. The van der Waals surface area contributed by atoms with Crippen LogP contribution < -0.4 is 5.73 Å². The molecule has 0 aromatic heterocycles. The van der Waals surface area contributed by atoms with E-state index in [1.54, 1.807) is 0 Å². The molecule has 2 fully saturated rings. The van der Waals surface area contributed by atoms with E-state index in [0.717, 1.165) is 50.7 Å². The Bertz CT molecular complexity index is 323. The number of primary amides is 1. The number of amides is 1. The summed E-state index contributed by atoms with van der Waals surface area (Å²) in [6.07, 6.45) is 6.76. The van der Waals surface area contributed by atoms with E-state index in [0.29, 0.717) is 0 Å². The molecule has 1 spiro atoms. The molecule has 2 rings (SSSR count). The third kappa shape index (κ3) is 1.70. The van der Waals surface area contributed by atoms with E-state index in [-0.39, 0.29) is 17.2 Å². The molecule has 0 radical (unpaired) electrons. The summed E-state index contributed by atoms with van der Waals surface area (Å²) in [7, 11) is 0. The topological polar surface area (TPSA) is 79.5 Å². The maximum absolute atomic E-state index is 11.1. The highest BCUT2D eigenvalue weighted by Crippen LogP contribution is 2.47. The Morgan fingerprint density at radius 2 is 2.07 bits per heavy atom. The Hall–Kier alpha value is -1.15. The van der Waals surface area contributed by atoms with Gasteiger partial charge in [0.1, 0.15) is 0 Å². The maximum Gasteiger partial charge on any atom is 0.274 e. The molecule has 2 saturated carbocycles. The van der Waals surface area contributed by atoms with Gasteiger partial charge < -0.3 is 11.3 Å². The molecule has 4 heteroatoms. The maximum atomic E-state index is 11.1. The Labute approximate surface area is 89.5 Å². The molecular formula is C11H17N3O. The summed E-state index contributed by atoms with van der Waals surface area (Å²) in [6.45, 7) is 0. The number of carbonyl (C=O) groups excluding carboxylic acids is 1. The van der Waals surface area contributed by atoms with Crippen LogP contribution in [-0.4, -0.2) is 16.4 Å². The molecule has 0 unspecified atom stereocenters. The number of rotatable bonds is 1. The number of nitrogens with two attached hydrogens (primary N) is 1. The van der Waals surface area contributed by atoms with Crippen molar-refractivity contribution in [1.82, 2.24) is 0 Å². The lowest BCUT2D eigenvalue weighted by Gasteiger charge is -2.32. The second kappa shape index (κ2) is 3.78. The number of hydrogen-bond acceptors (Lipinski definition) is 1. The average Bonchev–Trinajstić information content (AvgIpc) is 2.61. The van der Waals surface area contributed by atoms with Gasteiger partial charge in [0.2, 0.25) is 5.91 Å². The fourth-order valence-corrected chi connectivity index (χ4v) is 3.15. The van der Waals surface area contributed by atoms with Gasteiger partial charge in [-0.3, -0.25) is 4.79 Å². The largest absolute Gasteiger partial charge is 0.369 e. The van der Waals surface area contributed by atoms with E-state index in [2.05, 4.69) is 4.79 Å². The lowest BCUT2D eigenvalue weighted by Crippen LogP contribution is -2.36. The van der Waals surface area contributed by atoms with E-state index in [1.165, 1.54) is 0 Å². The molecule has 0 aliphatic heterocycles. The molecule has 2 aliphatic carbocycles. The minimum absolute atomic E-state index is 0.0381. The number of hydrogen-bond donors (Lipinski definition) is 1. The fourth-order valence-electron chi connectivity index (χ4n) is 3.15. The second-order valence-corrected chi connectivity index (χ2v) is 4.86. The van der Waals surface area contributed by atoms with Crippen LogP contribution >= 0.6 is 0 Å². The van der Waals surface area contributed by atoms with Crippen molar-refractivity contribution >= 4 is 11.6 Å². The zero-order chi connectivity index (χ0) is 10.9. The number of nitrogens with zero attached hydrogens (tertiary/aromatic N) is 2. The molecule has 1 amide bonds. The minimum atomic E-state index is -0.176. The van der Waals surface area contributed by atoms with Crippen molar-refractivity contribution in [3.8, 4) is 0 Å². The van der Waals surface area contributed by atoms with Crippen LogP contribution in [0.1, 0.15) is 44.9 Å². The molecule has 4 nitrogen and oxygen atoms in total. The van der Waals surface area contributed by atoms with E-state index >= 15 is 0 Å². The van der Waals surface area contributed by atoms with Gasteiger partial charge >= 0.3 is 0 Å². The Balaban J connectivity index is 2.09. The van der Waals surface area contributed by atoms with E-state index < -0.39 is 0 Å². The molecule has 15 heavy (non-hydrogen) atoms. The predicted octanol–water partition coefficient (Wildman–Crippen LogP) is 1.50. The Morgan fingerprint density at radius 3 is 2.60 bits per heavy atom. The molecule has 82 valence electrons. The van der Waals surface area contributed by atoms with Gasteiger partial charge in [0.25, 0.3) is 5.71 Å². The first-order chi connectivity index (χ1) is 7.18. The third-order valence-electron chi connectivity index (χ3n) is 4.15. The highest BCUT2D eigenvalue weighted by molar-refractivity contribution is 5.87. The molecule has 0 bridgehead atoms. The van der Waals surface area contributed by atoms with Gasteiger partial charge in [-0.25, -0.2) is 0 Å². The van der Waals surface area contributed by atoms with Crippen molar-refractivity contribution in [2.24, 2.45) is 17.1 Å². The van der Waals surface area contributed by atoms with Crippen molar-refractivity contribution < 1.29 is 9.58 Å². The zero-order valence-electron chi connectivity index (χ0n) is 8.91. The fraction of sp³-hybridized carbons (Fsp3) is 0.818. The van der Waals surface area contributed by atoms with Crippen molar-refractivity contribution in [2.45, 2.75) is 44.9 Å². The van der Waals surface area contributed by atoms with Crippen molar-refractivity contribution in [3.05, 3.63) is 5.53 Å². The van der Waals surface area contributed by atoms with Crippen LogP contribution in [-0.2, 0) is 4.79 Å². The van der Waals surface area contributed by atoms with Crippen LogP contribution in [0.2, 0.25) is 0 Å². The second-order valence-electron chi connectivity index (χ2n) is 4.86. The molecular weight excluding hydrogens is 190 g/mol. The lowest BCUT2D eigenvalue weighted by atomic mass is 9.68. The third-order valence-corrected chi connectivity index (χ3v) is 4.15. The van der Waals surface area contributed by atoms with Gasteiger partial charge in [-0.15, -0.1) is 0 Å². The first kappa shape index (κ1) is 10.4. The van der Waals surface area contributed by atoms with Crippen LogP contribution in [0.15, 0.2) is 0 Å². The molecule has 0 aromatic rings. The van der Waals surface area contributed by atoms with Gasteiger partial charge in [-0.1, -0.05) is 0 Å². The molecule has 0 saturated heterocycles. The Morgan fingerprint density at radius 1 is 1.40 bits per heavy atom. The summed E-state index contributed by atoms with van der Waals surface area (Å²) in [5, 5.41) is 0. The van der Waals surface area contributed by atoms with Crippen LogP contribution in [0.4, 0.5) is 0 Å². The summed E-state index contributed by atoms with van der Waals surface area (Å²) < 4.78 is 0. The van der Waals surface area contributed by atoms with Crippen molar-refractivity contribution in [3.63, 3.8) is 0 Å². The standard InChI is InChI=1S/C11H17N3O/c12-10(15)8-3-6-11(7-4-8)5-1-2-9(11)14-13/h8H,1-7H2,(H2,12,15). The summed E-state index contributed by atoms with van der Waals surface area (Å²) >= 11 is 0. The summed E-state index contributed by atoms with van der Waals surface area (Å²) in [5.74, 6) is -0.137. The first-order valence-corrected chi connectivity index (χ1v) is 5.69. The summed E-state index contributed by atoms with van der Waals surface area (Å²) in [4.78, 5) is 14.5. The predicted molar refractivity (Wildman–Crippen MR) is 56.1 cm³/mol. The van der Waals surface area contributed by atoms with Gasteiger partial charge in [0.05, 0.1) is 5.41 Å². The highest BCUT2D eigenvalue weighted by atomic mass is 16.1. The molecule has 0 aromatic carbocycles. The highest BCUT2D eigenvalue weighted by Gasteiger charge is 2.48. The average molecular weight is 207 g/mol. The van der Waals surface area contributed by atoms with E-state index in [9.17, 15) is 4.79 Å². The molecule has 0 atom stereocenters. The number of carbonyl (C=O) groups is 1. The lowest BCUT2D eigenvalue weighted by molar-refractivity contribution is -0.123. The van der Waals surface area contributed by atoms with Crippen LogP contribution in [0, 0.1) is 11.3 Å². The Kier molecular flexibility index (Phi) is 2.61. The van der Waals surface area contributed by atoms with Gasteiger partial charge in [0, 0.05) is 12.3 Å².